The molecule has 1 amide bonds. The first-order valence-electron chi connectivity index (χ1n) is 9.60. The van der Waals surface area contributed by atoms with Crippen molar-refractivity contribution in [3.63, 3.8) is 0 Å². The van der Waals surface area contributed by atoms with Crippen molar-refractivity contribution < 1.29 is 9.90 Å². The molecule has 3 fully saturated rings. The van der Waals surface area contributed by atoms with Crippen molar-refractivity contribution >= 4 is 35.8 Å². The molecule has 1 aliphatic heterocycles. The number of rotatable bonds is 6. The molecule has 0 bridgehead atoms. The number of hydrogen-bond donors (Lipinski definition) is 3. The third-order valence-electron chi connectivity index (χ3n) is 5.75. The summed E-state index contributed by atoms with van der Waals surface area (Å²) in [6.45, 7) is 5.41. The van der Waals surface area contributed by atoms with Crippen molar-refractivity contribution in [1.82, 2.24) is 15.5 Å². The van der Waals surface area contributed by atoms with Crippen LogP contribution in [0.15, 0.2) is 4.99 Å². The standard InChI is InChI=1S/C18H32N4O2.HI/c1-2-19-17(20-12-18(13-23)8-9-18)21-15-7-10-22(11-15)16(24)14-5-3-4-6-14;/h14-15,23H,2-13H2,1H3,(H2,19,20,21);1H. The number of carbonyl (C=O) groups is 1. The van der Waals surface area contributed by atoms with Crippen molar-refractivity contribution in [2.75, 3.05) is 32.8 Å². The molecule has 3 aliphatic rings. The summed E-state index contributed by atoms with van der Waals surface area (Å²) in [5.74, 6) is 1.44. The van der Waals surface area contributed by atoms with Gasteiger partial charge in [0.05, 0.1) is 13.2 Å². The molecule has 0 spiro atoms. The van der Waals surface area contributed by atoms with Gasteiger partial charge in [0.25, 0.3) is 0 Å². The highest BCUT2D eigenvalue weighted by molar-refractivity contribution is 14.0. The molecule has 6 nitrogen and oxygen atoms in total. The third kappa shape index (κ3) is 5.45. The zero-order chi connectivity index (χ0) is 17.0. The van der Waals surface area contributed by atoms with Crippen LogP contribution in [-0.4, -0.2) is 60.7 Å². The maximum atomic E-state index is 12.5. The largest absolute Gasteiger partial charge is 0.396 e. The van der Waals surface area contributed by atoms with Gasteiger partial charge in [-0.2, -0.15) is 0 Å². The van der Waals surface area contributed by atoms with E-state index in [0.717, 1.165) is 57.7 Å². The first-order chi connectivity index (χ1) is 11.7. The van der Waals surface area contributed by atoms with E-state index in [1.165, 1.54) is 12.8 Å². The van der Waals surface area contributed by atoms with Crippen LogP contribution in [0.4, 0.5) is 0 Å². The van der Waals surface area contributed by atoms with E-state index in [1.807, 2.05) is 4.90 Å². The number of carbonyl (C=O) groups excluding carboxylic acids is 1. The molecule has 0 aromatic carbocycles. The van der Waals surface area contributed by atoms with Gasteiger partial charge < -0.3 is 20.6 Å². The molecule has 1 unspecified atom stereocenters. The number of nitrogens with zero attached hydrogens (tertiary/aromatic N) is 2. The summed E-state index contributed by atoms with van der Waals surface area (Å²) in [5, 5.41) is 16.2. The minimum absolute atomic E-state index is 0. The van der Waals surface area contributed by atoms with Crippen molar-refractivity contribution in [1.29, 1.82) is 0 Å². The van der Waals surface area contributed by atoms with E-state index < -0.39 is 0 Å². The predicted molar refractivity (Wildman–Crippen MR) is 110 cm³/mol. The van der Waals surface area contributed by atoms with Gasteiger partial charge in [0.2, 0.25) is 5.91 Å². The molecular formula is C18H33IN4O2. The SMILES string of the molecule is CCNC(=NCC1(CO)CC1)NC1CCN(C(=O)C2CCCC2)C1.I. The Balaban J connectivity index is 0.00000225. The first-order valence-corrected chi connectivity index (χ1v) is 9.60. The highest BCUT2D eigenvalue weighted by Gasteiger charge is 2.42. The molecule has 7 heteroatoms. The number of guanidine groups is 1. The summed E-state index contributed by atoms with van der Waals surface area (Å²) in [7, 11) is 0. The van der Waals surface area contributed by atoms with Gasteiger partial charge in [-0.1, -0.05) is 12.8 Å². The highest BCUT2D eigenvalue weighted by atomic mass is 127. The van der Waals surface area contributed by atoms with Crippen molar-refractivity contribution in [2.24, 2.45) is 16.3 Å². The number of aliphatic imine (C=N–C) groups is 1. The van der Waals surface area contributed by atoms with E-state index in [9.17, 15) is 9.90 Å². The molecule has 0 aromatic rings. The summed E-state index contributed by atoms with van der Waals surface area (Å²) in [6, 6.07) is 0.275. The van der Waals surface area contributed by atoms with E-state index >= 15 is 0 Å². The smallest absolute Gasteiger partial charge is 0.225 e. The Morgan fingerprint density at radius 1 is 1.28 bits per heavy atom. The van der Waals surface area contributed by atoms with Gasteiger partial charge >= 0.3 is 0 Å². The van der Waals surface area contributed by atoms with Crippen LogP contribution in [0.5, 0.6) is 0 Å². The average Bonchev–Trinajstić information content (AvgIpc) is 3.00. The highest BCUT2D eigenvalue weighted by Crippen LogP contribution is 2.45. The van der Waals surface area contributed by atoms with Crippen LogP contribution in [0.1, 0.15) is 51.9 Å². The normalized spacial score (nSPS) is 25.6. The lowest BCUT2D eigenvalue weighted by Gasteiger charge is -2.21. The van der Waals surface area contributed by atoms with Crippen LogP contribution < -0.4 is 10.6 Å². The Kier molecular flexibility index (Phi) is 7.79. The zero-order valence-corrected chi connectivity index (χ0v) is 17.6. The molecule has 2 aliphatic carbocycles. The Bertz CT molecular complexity index is 476. The van der Waals surface area contributed by atoms with E-state index in [4.69, 9.17) is 0 Å². The molecule has 1 atom stereocenters. The monoisotopic (exact) mass is 464 g/mol. The number of hydrogen-bond acceptors (Lipinski definition) is 3. The second kappa shape index (κ2) is 9.39. The summed E-state index contributed by atoms with van der Waals surface area (Å²) in [4.78, 5) is 19.2. The van der Waals surface area contributed by atoms with Gasteiger partial charge in [-0.15, -0.1) is 24.0 Å². The van der Waals surface area contributed by atoms with Crippen LogP contribution in [0.2, 0.25) is 0 Å². The van der Waals surface area contributed by atoms with Gasteiger partial charge in [-0.3, -0.25) is 9.79 Å². The summed E-state index contributed by atoms with van der Waals surface area (Å²) < 4.78 is 0. The fourth-order valence-electron chi connectivity index (χ4n) is 3.81. The minimum atomic E-state index is 0. The van der Waals surface area contributed by atoms with Crippen molar-refractivity contribution in [2.45, 2.75) is 57.9 Å². The first kappa shape index (κ1) is 20.7. The number of nitrogens with one attached hydrogen (secondary N) is 2. The number of aliphatic hydroxyl groups excluding tert-OH is 1. The van der Waals surface area contributed by atoms with Crippen LogP contribution in [0.3, 0.4) is 0 Å². The molecule has 25 heavy (non-hydrogen) atoms. The van der Waals surface area contributed by atoms with Crippen LogP contribution in [0.25, 0.3) is 0 Å². The van der Waals surface area contributed by atoms with Gasteiger partial charge in [0.15, 0.2) is 5.96 Å². The number of halogens is 1. The van der Waals surface area contributed by atoms with Crippen molar-refractivity contribution in [3.05, 3.63) is 0 Å². The van der Waals surface area contributed by atoms with Gasteiger partial charge in [0, 0.05) is 37.0 Å². The van der Waals surface area contributed by atoms with Crippen LogP contribution in [0, 0.1) is 11.3 Å². The Hall–Kier alpha value is -0.570. The Labute approximate surface area is 168 Å². The quantitative estimate of drug-likeness (QED) is 0.318. The molecule has 0 radical (unpaired) electrons. The van der Waals surface area contributed by atoms with E-state index in [-0.39, 0.29) is 48.0 Å². The molecule has 3 N–H and O–H groups in total. The fraction of sp³-hybridized carbons (Fsp3) is 0.889. The lowest BCUT2D eigenvalue weighted by Crippen LogP contribution is -2.45. The second-order valence-corrected chi connectivity index (χ2v) is 7.75. The lowest BCUT2D eigenvalue weighted by atomic mass is 10.1. The maximum Gasteiger partial charge on any atom is 0.225 e. The molecule has 1 saturated heterocycles. The molecule has 0 aromatic heterocycles. The lowest BCUT2D eigenvalue weighted by molar-refractivity contribution is -0.134. The summed E-state index contributed by atoms with van der Waals surface area (Å²) in [6.07, 6.45) is 7.67. The maximum absolute atomic E-state index is 12.5. The average molecular weight is 464 g/mol. The molecule has 1 heterocycles. The zero-order valence-electron chi connectivity index (χ0n) is 15.3. The fourth-order valence-corrected chi connectivity index (χ4v) is 3.81. The number of amides is 1. The summed E-state index contributed by atoms with van der Waals surface area (Å²) in [5.41, 5.74) is 0.0303. The Morgan fingerprint density at radius 3 is 2.60 bits per heavy atom. The van der Waals surface area contributed by atoms with Crippen LogP contribution in [-0.2, 0) is 4.79 Å². The van der Waals surface area contributed by atoms with Gasteiger partial charge in [0.1, 0.15) is 0 Å². The predicted octanol–water partition coefficient (Wildman–Crippen LogP) is 1.72. The Morgan fingerprint density at radius 2 is 2.00 bits per heavy atom. The topological polar surface area (TPSA) is 77.0 Å². The van der Waals surface area contributed by atoms with Gasteiger partial charge in [-0.25, -0.2) is 0 Å². The van der Waals surface area contributed by atoms with Crippen molar-refractivity contribution in [3.8, 4) is 0 Å². The van der Waals surface area contributed by atoms with Gasteiger partial charge in [-0.05, 0) is 39.0 Å². The van der Waals surface area contributed by atoms with E-state index in [0.29, 0.717) is 12.5 Å². The number of likely N-dealkylation sites (tertiary alicyclic amines) is 1. The summed E-state index contributed by atoms with van der Waals surface area (Å²) >= 11 is 0. The minimum Gasteiger partial charge on any atom is -0.396 e. The number of aliphatic hydroxyl groups is 1. The molecular weight excluding hydrogens is 431 g/mol. The molecule has 144 valence electrons. The van der Waals surface area contributed by atoms with E-state index in [2.05, 4.69) is 22.5 Å². The van der Waals surface area contributed by atoms with Crippen LogP contribution >= 0.6 is 24.0 Å². The molecule has 3 rings (SSSR count). The molecule has 2 saturated carbocycles. The van der Waals surface area contributed by atoms with E-state index in [1.54, 1.807) is 0 Å². The third-order valence-corrected chi connectivity index (χ3v) is 5.75. The second-order valence-electron chi connectivity index (χ2n) is 7.75.